The molecule has 1 aromatic carbocycles. The second-order valence-corrected chi connectivity index (χ2v) is 7.83. The van der Waals surface area contributed by atoms with E-state index >= 15 is 0 Å². The molecule has 2 rings (SSSR count). The first-order chi connectivity index (χ1) is 13.3. The monoisotopic (exact) mass is 390 g/mol. The summed E-state index contributed by atoms with van der Waals surface area (Å²) in [5.74, 6) is -0.290. The Balaban J connectivity index is 1.70. The van der Waals surface area contributed by atoms with E-state index in [4.69, 9.17) is 9.84 Å². The van der Waals surface area contributed by atoms with Crippen LogP contribution in [-0.4, -0.2) is 53.0 Å². The van der Waals surface area contributed by atoms with Gasteiger partial charge in [0.1, 0.15) is 5.75 Å². The number of nitrogens with zero attached hydrogens (tertiary/aromatic N) is 1. The van der Waals surface area contributed by atoms with E-state index in [-0.39, 0.29) is 24.2 Å². The van der Waals surface area contributed by atoms with Gasteiger partial charge in [-0.15, -0.1) is 0 Å². The lowest BCUT2D eigenvalue weighted by atomic mass is 9.92. The number of hydrogen-bond acceptors (Lipinski definition) is 4. The largest absolute Gasteiger partial charge is 0.493 e. The number of carboxylic acid groups (broad SMARTS) is 1. The van der Waals surface area contributed by atoms with Gasteiger partial charge in [0.2, 0.25) is 11.8 Å². The van der Waals surface area contributed by atoms with Crippen LogP contribution in [0, 0.1) is 5.92 Å². The Hall–Kier alpha value is -2.57. The minimum Gasteiger partial charge on any atom is -0.493 e. The third kappa shape index (κ3) is 7.21. The normalized spacial score (nSPS) is 15.1. The van der Waals surface area contributed by atoms with Gasteiger partial charge in [0.15, 0.2) is 0 Å². The molecule has 1 saturated heterocycles. The number of carbonyl (C=O) groups is 3. The fourth-order valence-corrected chi connectivity index (χ4v) is 3.24. The first-order valence-corrected chi connectivity index (χ1v) is 9.76. The van der Waals surface area contributed by atoms with Crippen LogP contribution < -0.4 is 10.1 Å². The SMILES string of the molecule is CC(C)(CCC(=O)O)NC(=O)C1CCN(C(=O)CCOc2ccccc2)CC1. The summed E-state index contributed by atoms with van der Waals surface area (Å²) in [6.07, 6.45) is 1.95. The van der Waals surface area contributed by atoms with Gasteiger partial charge in [-0.3, -0.25) is 14.4 Å². The highest BCUT2D eigenvalue weighted by Gasteiger charge is 2.30. The molecule has 0 aliphatic carbocycles. The van der Waals surface area contributed by atoms with Crippen LogP contribution >= 0.6 is 0 Å². The number of benzene rings is 1. The molecule has 0 aromatic heterocycles. The zero-order chi connectivity index (χ0) is 20.6. The zero-order valence-electron chi connectivity index (χ0n) is 16.6. The molecule has 7 heteroatoms. The molecule has 2 amide bonds. The second kappa shape index (κ2) is 10.1. The second-order valence-electron chi connectivity index (χ2n) is 7.83. The summed E-state index contributed by atoms with van der Waals surface area (Å²) < 4.78 is 5.57. The summed E-state index contributed by atoms with van der Waals surface area (Å²) in [7, 11) is 0. The van der Waals surface area contributed by atoms with Crippen molar-refractivity contribution >= 4 is 17.8 Å². The average molecular weight is 390 g/mol. The standard InChI is InChI=1S/C21H30N2O5/c1-21(2,12-8-19(25)26)22-20(27)16-9-13-23(14-10-16)18(24)11-15-28-17-6-4-3-5-7-17/h3-7,16H,8-15H2,1-2H3,(H,22,27)(H,25,26). The van der Waals surface area contributed by atoms with Crippen LogP contribution in [0.25, 0.3) is 0 Å². The molecule has 0 radical (unpaired) electrons. The van der Waals surface area contributed by atoms with Crippen molar-refractivity contribution in [2.45, 2.75) is 51.5 Å². The summed E-state index contributed by atoms with van der Waals surface area (Å²) in [6.45, 7) is 5.11. The Kier molecular flexibility index (Phi) is 7.84. The third-order valence-corrected chi connectivity index (χ3v) is 4.97. The number of carboxylic acids is 1. The Labute approximate surface area is 166 Å². The molecular formula is C21H30N2O5. The minimum absolute atomic E-state index is 0.0191. The van der Waals surface area contributed by atoms with Crippen molar-refractivity contribution in [2.75, 3.05) is 19.7 Å². The molecule has 1 fully saturated rings. The maximum absolute atomic E-state index is 12.5. The van der Waals surface area contributed by atoms with Crippen LogP contribution in [0.4, 0.5) is 0 Å². The van der Waals surface area contributed by atoms with E-state index in [0.717, 1.165) is 5.75 Å². The number of piperidine rings is 1. The Bertz CT molecular complexity index is 667. The lowest BCUT2D eigenvalue weighted by Crippen LogP contribution is -2.49. The first-order valence-electron chi connectivity index (χ1n) is 9.76. The number of hydrogen-bond donors (Lipinski definition) is 2. The average Bonchev–Trinajstić information content (AvgIpc) is 2.67. The van der Waals surface area contributed by atoms with E-state index in [0.29, 0.717) is 45.4 Å². The molecule has 0 bridgehead atoms. The van der Waals surface area contributed by atoms with Gasteiger partial charge in [-0.25, -0.2) is 0 Å². The van der Waals surface area contributed by atoms with Crippen LogP contribution in [-0.2, 0) is 14.4 Å². The smallest absolute Gasteiger partial charge is 0.303 e. The molecule has 0 saturated carbocycles. The molecule has 2 N–H and O–H groups in total. The molecule has 0 spiro atoms. The maximum Gasteiger partial charge on any atom is 0.303 e. The van der Waals surface area contributed by atoms with E-state index in [1.54, 1.807) is 4.90 Å². The van der Waals surface area contributed by atoms with Crippen molar-refractivity contribution in [3.63, 3.8) is 0 Å². The van der Waals surface area contributed by atoms with E-state index in [1.165, 1.54) is 0 Å². The fraction of sp³-hybridized carbons (Fsp3) is 0.571. The van der Waals surface area contributed by atoms with Crippen LogP contribution in [0.2, 0.25) is 0 Å². The summed E-state index contributed by atoms with van der Waals surface area (Å²) in [5.41, 5.74) is -0.558. The van der Waals surface area contributed by atoms with Crippen molar-refractivity contribution < 1.29 is 24.2 Å². The molecule has 7 nitrogen and oxygen atoms in total. The van der Waals surface area contributed by atoms with Crippen LogP contribution in [0.5, 0.6) is 5.75 Å². The molecule has 1 aliphatic heterocycles. The topological polar surface area (TPSA) is 95.9 Å². The molecule has 0 atom stereocenters. The van der Waals surface area contributed by atoms with Crippen molar-refractivity contribution in [1.29, 1.82) is 0 Å². The highest BCUT2D eigenvalue weighted by Crippen LogP contribution is 2.20. The van der Waals surface area contributed by atoms with Crippen molar-refractivity contribution in [1.82, 2.24) is 10.2 Å². The van der Waals surface area contributed by atoms with Gasteiger partial charge >= 0.3 is 5.97 Å². The summed E-state index contributed by atoms with van der Waals surface area (Å²) in [4.78, 5) is 37.3. The molecule has 1 aromatic rings. The molecule has 1 heterocycles. The number of nitrogens with one attached hydrogen (secondary N) is 1. The molecule has 154 valence electrons. The van der Waals surface area contributed by atoms with E-state index in [1.807, 2.05) is 44.2 Å². The lowest BCUT2D eigenvalue weighted by molar-refractivity contribution is -0.138. The minimum atomic E-state index is -0.870. The van der Waals surface area contributed by atoms with Gasteiger partial charge in [-0.1, -0.05) is 18.2 Å². The Morgan fingerprint density at radius 1 is 1.14 bits per heavy atom. The van der Waals surface area contributed by atoms with Gasteiger partial charge in [-0.2, -0.15) is 0 Å². The zero-order valence-corrected chi connectivity index (χ0v) is 16.6. The van der Waals surface area contributed by atoms with E-state index in [2.05, 4.69) is 5.32 Å². The van der Waals surface area contributed by atoms with Crippen molar-refractivity contribution in [3.8, 4) is 5.75 Å². The highest BCUT2D eigenvalue weighted by atomic mass is 16.5. The van der Waals surface area contributed by atoms with Crippen LogP contribution in [0.3, 0.4) is 0 Å². The Morgan fingerprint density at radius 3 is 2.39 bits per heavy atom. The summed E-state index contributed by atoms with van der Waals surface area (Å²) in [5, 5.41) is 11.8. The van der Waals surface area contributed by atoms with Gasteiger partial charge < -0.3 is 20.1 Å². The summed E-state index contributed by atoms with van der Waals surface area (Å²) in [6, 6.07) is 9.39. The molecule has 28 heavy (non-hydrogen) atoms. The van der Waals surface area contributed by atoms with Gasteiger partial charge in [-0.05, 0) is 45.2 Å². The van der Waals surface area contributed by atoms with E-state index < -0.39 is 11.5 Å². The molecule has 0 unspecified atom stereocenters. The highest BCUT2D eigenvalue weighted by molar-refractivity contribution is 5.80. The predicted molar refractivity (Wildman–Crippen MR) is 105 cm³/mol. The van der Waals surface area contributed by atoms with Gasteiger partial charge in [0, 0.05) is 31.0 Å². The quantitative estimate of drug-likeness (QED) is 0.675. The number of likely N-dealkylation sites (tertiary alicyclic amines) is 1. The lowest BCUT2D eigenvalue weighted by Gasteiger charge is -2.34. The van der Waals surface area contributed by atoms with Crippen LogP contribution in [0.15, 0.2) is 30.3 Å². The van der Waals surface area contributed by atoms with Gasteiger partial charge in [0.25, 0.3) is 0 Å². The number of para-hydroxylation sites is 1. The molecule has 1 aliphatic rings. The van der Waals surface area contributed by atoms with Gasteiger partial charge in [0.05, 0.1) is 13.0 Å². The predicted octanol–water partition coefficient (Wildman–Crippen LogP) is 2.45. The molecular weight excluding hydrogens is 360 g/mol. The number of amides is 2. The van der Waals surface area contributed by atoms with Crippen LogP contribution in [0.1, 0.15) is 46.0 Å². The maximum atomic E-state index is 12.5. The summed E-state index contributed by atoms with van der Waals surface area (Å²) >= 11 is 0. The van der Waals surface area contributed by atoms with Crippen molar-refractivity contribution in [2.24, 2.45) is 5.92 Å². The number of rotatable bonds is 9. The first kappa shape index (κ1) is 21.7. The third-order valence-electron chi connectivity index (χ3n) is 4.97. The number of ether oxygens (including phenoxy) is 1. The number of carbonyl (C=O) groups excluding carboxylic acids is 2. The van der Waals surface area contributed by atoms with Crippen molar-refractivity contribution in [3.05, 3.63) is 30.3 Å². The number of aliphatic carboxylic acids is 1. The fourth-order valence-electron chi connectivity index (χ4n) is 3.24. The van der Waals surface area contributed by atoms with E-state index in [9.17, 15) is 14.4 Å². The Morgan fingerprint density at radius 2 is 1.79 bits per heavy atom.